The molecule has 0 spiro atoms. The summed E-state index contributed by atoms with van der Waals surface area (Å²) >= 11 is 0. The fourth-order valence-corrected chi connectivity index (χ4v) is 2.62. The SMILES string of the molecule is CN1CCN(C)C(CNC(=O)C2(C#N)CCC2)C1. The van der Waals surface area contributed by atoms with Crippen molar-refractivity contribution in [1.29, 1.82) is 5.26 Å². The molecule has 2 fully saturated rings. The Morgan fingerprint density at radius 1 is 1.44 bits per heavy atom. The van der Waals surface area contributed by atoms with E-state index >= 15 is 0 Å². The van der Waals surface area contributed by atoms with Crippen molar-refractivity contribution in [3.63, 3.8) is 0 Å². The number of carbonyl (C=O) groups excluding carboxylic acids is 1. The van der Waals surface area contributed by atoms with Crippen LogP contribution in [0.2, 0.25) is 0 Å². The van der Waals surface area contributed by atoms with Crippen molar-refractivity contribution in [2.75, 3.05) is 40.3 Å². The highest BCUT2D eigenvalue weighted by Gasteiger charge is 2.44. The molecule has 1 aliphatic carbocycles. The summed E-state index contributed by atoms with van der Waals surface area (Å²) in [6, 6.07) is 2.54. The minimum atomic E-state index is -0.723. The molecule has 1 amide bonds. The van der Waals surface area contributed by atoms with E-state index in [0.29, 0.717) is 12.6 Å². The van der Waals surface area contributed by atoms with Gasteiger partial charge >= 0.3 is 0 Å². The first-order valence-corrected chi connectivity index (χ1v) is 6.66. The van der Waals surface area contributed by atoms with E-state index in [0.717, 1.165) is 38.9 Å². The van der Waals surface area contributed by atoms with Gasteiger partial charge in [0.25, 0.3) is 0 Å². The Balaban J connectivity index is 1.84. The molecule has 0 aromatic heterocycles. The van der Waals surface area contributed by atoms with Crippen LogP contribution in [0.1, 0.15) is 19.3 Å². The average Bonchev–Trinajstić information content (AvgIpc) is 2.29. The van der Waals surface area contributed by atoms with E-state index in [1.165, 1.54) is 0 Å². The van der Waals surface area contributed by atoms with Crippen LogP contribution in [0.4, 0.5) is 0 Å². The van der Waals surface area contributed by atoms with E-state index in [1.54, 1.807) is 0 Å². The average molecular weight is 250 g/mol. The Hall–Kier alpha value is -1.12. The van der Waals surface area contributed by atoms with Crippen molar-refractivity contribution in [1.82, 2.24) is 15.1 Å². The lowest BCUT2D eigenvalue weighted by Gasteiger charge is -2.39. The quantitative estimate of drug-likeness (QED) is 0.768. The Morgan fingerprint density at radius 3 is 2.72 bits per heavy atom. The summed E-state index contributed by atoms with van der Waals surface area (Å²) in [7, 11) is 4.19. The van der Waals surface area contributed by atoms with Crippen LogP contribution in [0.3, 0.4) is 0 Å². The highest BCUT2D eigenvalue weighted by molar-refractivity contribution is 5.86. The van der Waals surface area contributed by atoms with Crippen LogP contribution in [0.15, 0.2) is 0 Å². The zero-order valence-electron chi connectivity index (χ0n) is 11.3. The second-order valence-corrected chi connectivity index (χ2v) is 5.65. The summed E-state index contributed by atoms with van der Waals surface area (Å²) < 4.78 is 0. The maximum Gasteiger partial charge on any atom is 0.240 e. The summed E-state index contributed by atoms with van der Waals surface area (Å²) in [6.45, 7) is 3.71. The molecule has 1 unspecified atom stereocenters. The third kappa shape index (κ3) is 2.50. The summed E-state index contributed by atoms with van der Waals surface area (Å²) in [5.41, 5.74) is -0.723. The van der Waals surface area contributed by atoms with E-state index in [4.69, 9.17) is 5.26 Å². The fraction of sp³-hybridized carbons (Fsp3) is 0.846. The number of nitrogens with one attached hydrogen (secondary N) is 1. The monoisotopic (exact) mass is 250 g/mol. The van der Waals surface area contributed by atoms with Crippen molar-refractivity contribution < 1.29 is 4.79 Å². The third-order valence-electron chi connectivity index (χ3n) is 4.33. The van der Waals surface area contributed by atoms with Gasteiger partial charge in [0.05, 0.1) is 6.07 Å². The molecular weight excluding hydrogens is 228 g/mol. The zero-order chi connectivity index (χ0) is 13.2. The molecule has 1 heterocycles. The van der Waals surface area contributed by atoms with Crippen LogP contribution in [0, 0.1) is 16.7 Å². The Bertz CT molecular complexity index is 358. The van der Waals surface area contributed by atoms with Gasteiger partial charge in [-0.05, 0) is 33.4 Å². The molecule has 0 aromatic carbocycles. The number of rotatable bonds is 3. The number of hydrogen-bond donors (Lipinski definition) is 1. The first-order chi connectivity index (χ1) is 8.57. The summed E-state index contributed by atoms with van der Waals surface area (Å²) in [5, 5.41) is 12.1. The first kappa shape index (κ1) is 13.3. The molecule has 5 heteroatoms. The standard InChI is InChI=1S/C13H22N4O/c1-16-6-7-17(2)11(9-16)8-15-12(18)13(10-14)4-3-5-13/h11H,3-9H2,1-2H3,(H,15,18). The molecule has 1 aliphatic heterocycles. The van der Waals surface area contributed by atoms with Crippen molar-refractivity contribution >= 4 is 5.91 Å². The van der Waals surface area contributed by atoms with Gasteiger partial charge in [-0.2, -0.15) is 5.26 Å². The Morgan fingerprint density at radius 2 is 2.17 bits per heavy atom. The van der Waals surface area contributed by atoms with E-state index in [2.05, 4.69) is 35.3 Å². The van der Waals surface area contributed by atoms with Crippen LogP contribution in [-0.4, -0.2) is 62.0 Å². The van der Waals surface area contributed by atoms with Gasteiger partial charge < -0.3 is 10.2 Å². The zero-order valence-corrected chi connectivity index (χ0v) is 11.3. The molecule has 2 aliphatic rings. The van der Waals surface area contributed by atoms with Crippen LogP contribution >= 0.6 is 0 Å². The number of hydrogen-bond acceptors (Lipinski definition) is 4. The lowest BCUT2D eigenvalue weighted by molar-refractivity contribution is -0.132. The van der Waals surface area contributed by atoms with Gasteiger partial charge in [0.2, 0.25) is 5.91 Å². The van der Waals surface area contributed by atoms with Crippen LogP contribution in [-0.2, 0) is 4.79 Å². The van der Waals surface area contributed by atoms with E-state index < -0.39 is 5.41 Å². The minimum Gasteiger partial charge on any atom is -0.353 e. The number of carbonyl (C=O) groups is 1. The molecule has 0 radical (unpaired) electrons. The van der Waals surface area contributed by atoms with Crippen molar-refractivity contribution in [2.45, 2.75) is 25.3 Å². The van der Waals surface area contributed by atoms with Crippen molar-refractivity contribution in [3.05, 3.63) is 0 Å². The first-order valence-electron chi connectivity index (χ1n) is 6.66. The van der Waals surface area contributed by atoms with Gasteiger partial charge in [0.15, 0.2) is 0 Å². The van der Waals surface area contributed by atoms with Gasteiger partial charge in [-0.1, -0.05) is 0 Å². The molecule has 1 atom stereocenters. The Kier molecular flexibility index (Phi) is 3.88. The van der Waals surface area contributed by atoms with Gasteiger partial charge in [-0.3, -0.25) is 9.69 Å². The number of likely N-dealkylation sites (N-methyl/N-ethyl adjacent to an activating group) is 2. The number of nitriles is 1. The van der Waals surface area contributed by atoms with Crippen molar-refractivity contribution in [3.8, 4) is 6.07 Å². The summed E-state index contributed by atoms with van der Waals surface area (Å²) in [4.78, 5) is 16.6. The van der Waals surface area contributed by atoms with Gasteiger partial charge in [-0.15, -0.1) is 0 Å². The maximum absolute atomic E-state index is 12.0. The highest BCUT2D eigenvalue weighted by atomic mass is 16.2. The highest BCUT2D eigenvalue weighted by Crippen LogP contribution is 2.40. The van der Waals surface area contributed by atoms with Crippen LogP contribution in [0.5, 0.6) is 0 Å². The molecule has 0 bridgehead atoms. The molecular formula is C13H22N4O. The van der Waals surface area contributed by atoms with Crippen LogP contribution < -0.4 is 5.32 Å². The molecule has 1 saturated heterocycles. The number of amides is 1. The molecule has 1 saturated carbocycles. The minimum absolute atomic E-state index is 0.0714. The van der Waals surface area contributed by atoms with E-state index in [9.17, 15) is 4.79 Å². The largest absolute Gasteiger partial charge is 0.353 e. The smallest absolute Gasteiger partial charge is 0.240 e. The van der Waals surface area contributed by atoms with Gasteiger partial charge in [0.1, 0.15) is 5.41 Å². The predicted molar refractivity (Wildman–Crippen MR) is 68.8 cm³/mol. The third-order valence-corrected chi connectivity index (χ3v) is 4.33. The fourth-order valence-electron chi connectivity index (χ4n) is 2.62. The second-order valence-electron chi connectivity index (χ2n) is 5.65. The molecule has 1 N–H and O–H groups in total. The van der Waals surface area contributed by atoms with Gasteiger partial charge in [-0.25, -0.2) is 0 Å². The molecule has 5 nitrogen and oxygen atoms in total. The molecule has 100 valence electrons. The van der Waals surface area contributed by atoms with Crippen molar-refractivity contribution in [2.24, 2.45) is 5.41 Å². The summed E-state index contributed by atoms with van der Waals surface area (Å²) in [5.74, 6) is -0.0714. The number of piperazine rings is 1. The molecule has 18 heavy (non-hydrogen) atoms. The maximum atomic E-state index is 12.0. The summed E-state index contributed by atoms with van der Waals surface area (Å²) in [6.07, 6.45) is 2.43. The predicted octanol–water partition coefficient (Wildman–Crippen LogP) is 0.0423. The lowest BCUT2D eigenvalue weighted by atomic mass is 9.69. The van der Waals surface area contributed by atoms with Gasteiger partial charge in [0, 0.05) is 32.2 Å². The molecule has 2 rings (SSSR count). The van der Waals surface area contributed by atoms with Crippen LogP contribution in [0.25, 0.3) is 0 Å². The number of nitrogens with zero attached hydrogens (tertiary/aromatic N) is 3. The van der Waals surface area contributed by atoms with E-state index in [1.807, 2.05) is 0 Å². The molecule has 0 aromatic rings. The Labute approximate surface area is 109 Å². The second kappa shape index (κ2) is 5.25. The van der Waals surface area contributed by atoms with E-state index in [-0.39, 0.29) is 5.91 Å². The topological polar surface area (TPSA) is 59.4 Å². The normalized spacial score (nSPS) is 28.2. The lowest BCUT2D eigenvalue weighted by Crippen LogP contribution is -2.56.